The maximum absolute atomic E-state index is 7.03. The number of hydrogen-bond donors (Lipinski definition) is 0. The number of anilines is 1. The van der Waals surface area contributed by atoms with E-state index < -0.39 is 0 Å². The number of hydrogen-bond acceptors (Lipinski definition) is 5. The molecule has 31 heavy (non-hydrogen) atoms. The standard InChI is InChI=1S/C26H32N2O3/c1-27(2)19-10-8-18(9-11-19)25-20-15-23-24(30-17-29-23)16-22(20)31-26(28-13-5-6-14-28)12-4-3-7-21(25)26/h8-11,15-16,21,25H,3-7,12-14,17H2,1-2H3/t21-,25-,26-/m1/s1. The van der Waals surface area contributed by atoms with Gasteiger partial charge in [0.15, 0.2) is 17.2 Å². The van der Waals surface area contributed by atoms with Gasteiger partial charge in [-0.15, -0.1) is 0 Å². The highest BCUT2D eigenvalue weighted by molar-refractivity contribution is 5.57. The molecule has 0 aromatic heterocycles. The molecule has 0 spiro atoms. The van der Waals surface area contributed by atoms with Crippen molar-refractivity contribution in [1.29, 1.82) is 0 Å². The lowest BCUT2D eigenvalue weighted by Gasteiger charge is -2.55. The van der Waals surface area contributed by atoms with E-state index in [0.717, 1.165) is 36.8 Å². The molecule has 2 aromatic rings. The molecule has 0 N–H and O–H groups in total. The molecule has 0 unspecified atom stereocenters. The molecule has 5 nitrogen and oxygen atoms in total. The maximum atomic E-state index is 7.03. The predicted octanol–water partition coefficient (Wildman–Crippen LogP) is 4.99. The van der Waals surface area contributed by atoms with Crippen LogP contribution in [0.15, 0.2) is 36.4 Å². The molecule has 4 aliphatic rings. The first-order chi connectivity index (χ1) is 15.2. The van der Waals surface area contributed by atoms with Crippen molar-refractivity contribution in [2.75, 3.05) is 38.9 Å². The molecule has 0 radical (unpaired) electrons. The first-order valence-corrected chi connectivity index (χ1v) is 11.8. The summed E-state index contributed by atoms with van der Waals surface area (Å²) in [6.07, 6.45) is 7.36. The van der Waals surface area contributed by atoms with E-state index in [0.29, 0.717) is 18.6 Å². The molecule has 1 saturated carbocycles. The van der Waals surface area contributed by atoms with Crippen molar-refractivity contribution in [3.05, 3.63) is 47.5 Å². The summed E-state index contributed by atoms with van der Waals surface area (Å²) < 4.78 is 18.5. The highest BCUT2D eigenvalue weighted by Gasteiger charge is 2.55. The Bertz CT molecular complexity index is 967. The summed E-state index contributed by atoms with van der Waals surface area (Å²) >= 11 is 0. The van der Waals surface area contributed by atoms with E-state index in [1.54, 1.807) is 0 Å². The molecule has 1 aliphatic carbocycles. The fourth-order valence-electron chi connectivity index (χ4n) is 6.33. The monoisotopic (exact) mass is 420 g/mol. The third-order valence-corrected chi connectivity index (χ3v) is 7.82. The van der Waals surface area contributed by atoms with Crippen LogP contribution >= 0.6 is 0 Å². The van der Waals surface area contributed by atoms with E-state index in [1.165, 1.54) is 48.9 Å². The van der Waals surface area contributed by atoms with Gasteiger partial charge >= 0.3 is 0 Å². The van der Waals surface area contributed by atoms with Crippen LogP contribution in [-0.4, -0.2) is 44.6 Å². The van der Waals surface area contributed by atoms with Gasteiger partial charge in [-0.25, -0.2) is 0 Å². The topological polar surface area (TPSA) is 34.2 Å². The summed E-state index contributed by atoms with van der Waals surface area (Å²) in [5, 5.41) is 0. The van der Waals surface area contributed by atoms with Crippen LogP contribution in [-0.2, 0) is 0 Å². The van der Waals surface area contributed by atoms with Crippen LogP contribution in [0.4, 0.5) is 5.69 Å². The van der Waals surface area contributed by atoms with Crippen LogP contribution in [0.2, 0.25) is 0 Å². The fourth-order valence-corrected chi connectivity index (χ4v) is 6.33. The molecule has 0 amide bonds. The van der Waals surface area contributed by atoms with E-state index in [9.17, 15) is 0 Å². The van der Waals surface area contributed by atoms with Crippen molar-refractivity contribution in [2.45, 2.75) is 50.2 Å². The first kappa shape index (κ1) is 19.3. The molecule has 1 saturated heterocycles. The van der Waals surface area contributed by atoms with E-state index >= 15 is 0 Å². The van der Waals surface area contributed by atoms with Gasteiger partial charge in [0.25, 0.3) is 0 Å². The van der Waals surface area contributed by atoms with Crippen molar-refractivity contribution in [1.82, 2.24) is 4.90 Å². The van der Waals surface area contributed by atoms with Gasteiger partial charge in [-0.3, -0.25) is 4.90 Å². The number of benzene rings is 2. The summed E-state index contributed by atoms with van der Waals surface area (Å²) in [4.78, 5) is 4.82. The van der Waals surface area contributed by atoms with Crippen molar-refractivity contribution in [3.63, 3.8) is 0 Å². The Morgan fingerprint density at radius 1 is 0.903 bits per heavy atom. The molecule has 6 rings (SSSR count). The Balaban J connectivity index is 1.51. The fraction of sp³-hybridized carbons (Fsp3) is 0.538. The minimum Gasteiger partial charge on any atom is -0.472 e. The number of fused-ring (bicyclic) bond motifs is 3. The Kier molecular flexibility index (Phi) is 4.57. The Labute approximate surface area is 184 Å². The second kappa shape index (κ2) is 7.33. The van der Waals surface area contributed by atoms with Crippen LogP contribution < -0.4 is 19.1 Å². The number of rotatable bonds is 3. The zero-order chi connectivity index (χ0) is 21.0. The first-order valence-electron chi connectivity index (χ1n) is 11.8. The summed E-state index contributed by atoms with van der Waals surface area (Å²) in [5.74, 6) is 3.39. The highest BCUT2D eigenvalue weighted by atomic mass is 16.7. The van der Waals surface area contributed by atoms with E-state index in [4.69, 9.17) is 14.2 Å². The van der Waals surface area contributed by atoms with E-state index in [2.05, 4.69) is 60.3 Å². The zero-order valence-corrected chi connectivity index (χ0v) is 18.6. The molecule has 3 atom stereocenters. The second-order valence-corrected chi connectivity index (χ2v) is 9.70. The molecule has 2 fully saturated rings. The van der Waals surface area contributed by atoms with Gasteiger partial charge in [0.05, 0.1) is 0 Å². The number of likely N-dealkylation sites (tertiary alicyclic amines) is 1. The summed E-state index contributed by atoms with van der Waals surface area (Å²) in [7, 11) is 4.19. The lowest BCUT2D eigenvalue weighted by atomic mass is 9.66. The second-order valence-electron chi connectivity index (χ2n) is 9.70. The lowest BCUT2D eigenvalue weighted by Crippen LogP contribution is -2.61. The third-order valence-electron chi connectivity index (χ3n) is 7.82. The largest absolute Gasteiger partial charge is 0.472 e. The number of ether oxygens (including phenoxy) is 3. The third kappa shape index (κ3) is 3.00. The molecule has 3 heterocycles. The van der Waals surface area contributed by atoms with Crippen molar-refractivity contribution in [3.8, 4) is 17.2 Å². The average molecular weight is 421 g/mol. The molecule has 164 valence electrons. The molecular weight excluding hydrogens is 388 g/mol. The molecule has 2 aromatic carbocycles. The normalized spacial score (nSPS) is 29.2. The van der Waals surface area contributed by atoms with Crippen molar-refractivity contribution in [2.24, 2.45) is 5.92 Å². The van der Waals surface area contributed by atoms with Gasteiger partial charge in [-0.2, -0.15) is 0 Å². The molecule has 0 bridgehead atoms. The predicted molar refractivity (Wildman–Crippen MR) is 121 cm³/mol. The molecule has 5 heteroatoms. The van der Waals surface area contributed by atoms with Gasteiger partial charge < -0.3 is 19.1 Å². The zero-order valence-electron chi connectivity index (χ0n) is 18.6. The summed E-state index contributed by atoms with van der Waals surface area (Å²) in [6, 6.07) is 13.4. The van der Waals surface area contributed by atoms with Crippen LogP contribution in [0.1, 0.15) is 55.6 Å². The minimum absolute atomic E-state index is 0.208. The summed E-state index contributed by atoms with van der Waals surface area (Å²) in [6.45, 7) is 2.58. The maximum Gasteiger partial charge on any atom is 0.231 e. The lowest BCUT2D eigenvalue weighted by molar-refractivity contribution is -0.154. The number of nitrogens with zero attached hydrogens (tertiary/aromatic N) is 2. The van der Waals surface area contributed by atoms with Gasteiger partial charge in [0.1, 0.15) is 5.75 Å². The Hall–Kier alpha value is -2.40. The quantitative estimate of drug-likeness (QED) is 0.699. The molecular formula is C26H32N2O3. The van der Waals surface area contributed by atoms with Gasteiger partial charge in [0, 0.05) is 62.8 Å². The van der Waals surface area contributed by atoms with Crippen molar-refractivity contribution < 1.29 is 14.2 Å². The van der Waals surface area contributed by atoms with Crippen molar-refractivity contribution >= 4 is 5.69 Å². The Morgan fingerprint density at radius 3 is 2.39 bits per heavy atom. The summed E-state index contributed by atoms with van der Waals surface area (Å²) in [5.41, 5.74) is 3.66. The smallest absolute Gasteiger partial charge is 0.231 e. The molecule has 3 aliphatic heterocycles. The van der Waals surface area contributed by atoms with Crippen LogP contribution in [0.5, 0.6) is 17.2 Å². The van der Waals surface area contributed by atoms with E-state index in [-0.39, 0.29) is 5.72 Å². The minimum atomic E-state index is -0.208. The highest BCUT2D eigenvalue weighted by Crippen LogP contribution is 2.57. The van der Waals surface area contributed by atoms with Crippen LogP contribution in [0.3, 0.4) is 0 Å². The van der Waals surface area contributed by atoms with Crippen LogP contribution in [0.25, 0.3) is 0 Å². The Morgan fingerprint density at radius 2 is 1.65 bits per heavy atom. The average Bonchev–Trinajstić information content (AvgIpc) is 3.48. The van der Waals surface area contributed by atoms with Gasteiger partial charge in [-0.05, 0) is 49.4 Å². The van der Waals surface area contributed by atoms with Gasteiger partial charge in [0.2, 0.25) is 6.79 Å². The SMILES string of the molecule is CN(C)c1ccc([C@@H]2c3cc4c(cc3O[C@]3(N5CCCC5)CCCC[C@H]23)OCO4)cc1. The van der Waals surface area contributed by atoms with E-state index in [1.807, 2.05) is 0 Å². The van der Waals surface area contributed by atoms with Gasteiger partial charge in [-0.1, -0.05) is 18.6 Å². The van der Waals surface area contributed by atoms with Crippen LogP contribution in [0, 0.1) is 5.92 Å².